The van der Waals surface area contributed by atoms with Gasteiger partial charge in [-0.05, 0) is 43.7 Å². The third-order valence-electron chi connectivity index (χ3n) is 4.60. The number of carbonyl (C=O) groups is 1. The van der Waals surface area contributed by atoms with Crippen molar-refractivity contribution in [3.05, 3.63) is 71.5 Å². The van der Waals surface area contributed by atoms with E-state index >= 15 is 0 Å². The number of nitrogens with two attached hydrogens (primary N) is 1. The van der Waals surface area contributed by atoms with E-state index in [-0.39, 0.29) is 22.5 Å². The number of nitrogens with zero attached hydrogens (tertiary/aromatic N) is 4. The number of sulfonamides is 1. The molecule has 146 valence electrons. The molecule has 1 unspecified atom stereocenters. The predicted molar refractivity (Wildman–Crippen MR) is 104 cm³/mol. The molecule has 8 nitrogen and oxygen atoms in total. The zero-order valence-electron chi connectivity index (χ0n) is 15.8. The molecule has 9 heteroatoms. The molecule has 0 aliphatic rings. The second kappa shape index (κ2) is 7.53. The zero-order chi connectivity index (χ0) is 20.5. The summed E-state index contributed by atoms with van der Waals surface area (Å²) < 4.78 is 24.3. The lowest BCUT2D eigenvalue weighted by atomic mass is 10.1. The first-order valence-electron chi connectivity index (χ1n) is 8.56. The Morgan fingerprint density at radius 1 is 1.11 bits per heavy atom. The first-order chi connectivity index (χ1) is 13.2. The Morgan fingerprint density at radius 3 is 2.29 bits per heavy atom. The highest BCUT2D eigenvalue weighted by Crippen LogP contribution is 2.22. The molecule has 0 radical (unpaired) electrons. The summed E-state index contributed by atoms with van der Waals surface area (Å²) >= 11 is 0. The SMILES string of the molecule is Cc1ccc(-n2cc(C(=O)N(C)C(C)c3ccc(S(N)(=O)=O)cc3)nn2)cc1. The summed E-state index contributed by atoms with van der Waals surface area (Å²) in [5, 5.41) is 13.1. The number of rotatable bonds is 5. The third kappa shape index (κ3) is 4.10. The van der Waals surface area contributed by atoms with Gasteiger partial charge >= 0.3 is 0 Å². The molecule has 1 atom stereocenters. The van der Waals surface area contributed by atoms with Gasteiger partial charge < -0.3 is 4.90 Å². The Bertz CT molecular complexity index is 1090. The van der Waals surface area contributed by atoms with Gasteiger partial charge in [0.05, 0.1) is 22.8 Å². The second-order valence-corrected chi connectivity index (χ2v) is 8.15. The quantitative estimate of drug-likeness (QED) is 0.706. The van der Waals surface area contributed by atoms with Gasteiger partial charge in [0.25, 0.3) is 5.91 Å². The van der Waals surface area contributed by atoms with E-state index in [0.29, 0.717) is 0 Å². The van der Waals surface area contributed by atoms with Crippen molar-refractivity contribution in [2.75, 3.05) is 7.05 Å². The molecule has 2 N–H and O–H groups in total. The highest BCUT2D eigenvalue weighted by Gasteiger charge is 2.22. The van der Waals surface area contributed by atoms with E-state index in [0.717, 1.165) is 16.8 Å². The highest BCUT2D eigenvalue weighted by atomic mass is 32.2. The topological polar surface area (TPSA) is 111 Å². The van der Waals surface area contributed by atoms with Crippen LogP contribution >= 0.6 is 0 Å². The first kappa shape index (κ1) is 19.7. The highest BCUT2D eigenvalue weighted by molar-refractivity contribution is 7.89. The standard InChI is InChI=1S/C19H21N5O3S/c1-13-4-8-16(9-5-13)24-12-18(21-22-24)19(25)23(3)14(2)15-6-10-17(11-7-15)28(20,26)27/h4-12,14H,1-3H3,(H2,20,26,27). The lowest BCUT2D eigenvalue weighted by Gasteiger charge is -2.24. The molecule has 3 aromatic rings. The van der Waals surface area contributed by atoms with Crippen molar-refractivity contribution in [1.82, 2.24) is 19.9 Å². The van der Waals surface area contributed by atoms with Crippen LogP contribution in [0.2, 0.25) is 0 Å². The maximum Gasteiger partial charge on any atom is 0.276 e. The number of aromatic nitrogens is 3. The maximum atomic E-state index is 12.8. The van der Waals surface area contributed by atoms with Gasteiger partial charge in [0.15, 0.2) is 5.69 Å². The fourth-order valence-corrected chi connectivity index (χ4v) is 3.22. The third-order valence-corrected chi connectivity index (χ3v) is 5.53. The monoisotopic (exact) mass is 399 g/mol. The Kier molecular flexibility index (Phi) is 5.30. The molecule has 3 rings (SSSR count). The zero-order valence-corrected chi connectivity index (χ0v) is 16.6. The van der Waals surface area contributed by atoms with Crippen molar-refractivity contribution in [3.63, 3.8) is 0 Å². The van der Waals surface area contributed by atoms with E-state index in [2.05, 4.69) is 10.3 Å². The van der Waals surface area contributed by atoms with E-state index in [9.17, 15) is 13.2 Å². The fraction of sp³-hybridized carbons (Fsp3) is 0.211. The number of hydrogen-bond acceptors (Lipinski definition) is 5. The number of primary sulfonamides is 1. The summed E-state index contributed by atoms with van der Waals surface area (Å²) in [6, 6.07) is 13.5. The van der Waals surface area contributed by atoms with Gasteiger partial charge in [-0.25, -0.2) is 18.2 Å². The molecule has 2 aromatic carbocycles. The molecule has 1 heterocycles. The Hall–Kier alpha value is -3.04. The van der Waals surface area contributed by atoms with Crippen LogP contribution in [-0.2, 0) is 10.0 Å². The molecule has 1 amide bonds. The van der Waals surface area contributed by atoms with Crippen molar-refractivity contribution >= 4 is 15.9 Å². The van der Waals surface area contributed by atoms with Crippen LogP contribution in [-0.4, -0.2) is 41.3 Å². The lowest BCUT2D eigenvalue weighted by molar-refractivity contribution is 0.0736. The number of amides is 1. The second-order valence-electron chi connectivity index (χ2n) is 6.59. The molecule has 0 aliphatic carbocycles. The van der Waals surface area contributed by atoms with Crippen LogP contribution in [0.5, 0.6) is 0 Å². The lowest BCUT2D eigenvalue weighted by Crippen LogP contribution is -2.30. The minimum Gasteiger partial charge on any atom is -0.334 e. The molecular formula is C19H21N5O3S. The van der Waals surface area contributed by atoms with Gasteiger partial charge in [-0.1, -0.05) is 35.0 Å². The summed E-state index contributed by atoms with van der Waals surface area (Å²) in [6.45, 7) is 3.83. The molecular weight excluding hydrogens is 378 g/mol. The molecule has 0 spiro atoms. The van der Waals surface area contributed by atoms with Gasteiger partial charge in [0.2, 0.25) is 10.0 Å². The fourth-order valence-electron chi connectivity index (χ4n) is 2.70. The van der Waals surface area contributed by atoms with Crippen LogP contribution in [0.4, 0.5) is 0 Å². The van der Waals surface area contributed by atoms with Crippen LogP contribution in [0.3, 0.4) is 0 Å². The number of aryl methyl sites for hydroxylation is 1. The average molecular weight is 399 g/mol. The van der Waals surface area contributed by atoms with Gasteiger partial charge in [-0.3, -0.25) is 4.79 Å². The Balaban J connectivity index is 1.77. The number of carbonyl (C=O) groups excluding carboxylic acids is 1. The smallest absolute Gasteiger partial charge is 0.276 e. The van der Waals surface area contributed by atoms with Crippen molar-refractivity contribution in [2.24, 2.45) is 5.14 Å². The van der Waals surface area contributed by atoms with E-state index in [4.69, 9.17) is 5.14 Å². The normalized spacial score (nSPS) is 12.6. The van der Waals surface area contributed by atoms with Crippen LogP contribution in [0.15, 0.2) is 59.6 Å². The molecule has 28 heavy (non-hydrogen) atoms. The average Bonchev–Trinajstić information content (AvgIpc) is 3.16. The molecule has 0 saturated carbocycles. The molecule has 0 bridgehead atoms. The van der Waals surface area contributed by atoms with Gasteiger partial charge in [0.1, 0.15) is 0 Å². The minimum atomic E-state index is -3.75. The molecule has 1 aromatic heterocycles. The van der Waals surface area contributed by atoms with Gasteiger partial charge in [-0.15, -0.1) is 5.10 Å². The summed E-state index contributed by atoms with van der Waals surface area (Å²) in [5.74, 6) is -0.290. The Morgan fingerprint density at radius 2 is 1.71 bits per heavy atom. The number of benzene rings is 2. The van der Waals surface area contributed by atoms with E-state index in [1.54, 1.807) is 30.1 Å². The number of hydrogen-bond donors (Lipinski definition) is 1. The van der Waals surface area contributed by atoms with Crippen LogP contribution < -0.4 is 5.14 Å². The van der Waals surface area contributed by atoms with Crippen molar-refractivity contribution in [2.45, 2.75) is 24.8 Å². The minimum absolute atomic E-state index is 0.0264. The molecule has 0 fully saturated rings. The van der Waals surface area contributed by atoms with Crippen molar-refractivity contribution in [3.8, 4) is 5.69 Å². The van der Waals surface area contributed by atoms with Gasteiger partial charge in [-0.2, -0.15) is 0 Å². The summed E-state index contributed by atoms with van der Waals surface area (Å²) in [7, 11) is -2.09. The van der Waals surface area contributed by atoms with Crippen molar-refractivity contribution < 1.29 is 13.2 Å². The predicted octanol–water partition coefficient (Wildman–Crippen LogP) is 2.06. The van der Waals surface area contributed by atoms with E-state index < -0.39 is 10.0 Å². The van der Waals surface area contributed by atoms with Crippen molar-refractivity contribution in [1.29, 1.82) is 0 Å². The van der Waals surface area contributed by atoms with Gasteiger partial charge in [0, 0.05) is 7.05 Å². The summed E-state index contributed by atoms with van der Waals surface area (Å²) in [4.78, 5) is 14.3. The first-order valence-corrected chi connectivity index (χ1v) is 10.1. The summed E-state index contributed by atoms with van der Waals surface area (Å²) in [5.41, 5.74) is 2.93. The molecule has 0 aliphatic heterocycles. The Labute approximate surface area is 163 Å². The largest absolute Gasteiger partial charge is 0.334 e. The van der Waals surface area contributed by atoms with E-state index in [1.807, 2.05) is 38.1 Å². The van der Waals surface area contributed by atoms with E-state index in [1.165, 1.54) is 17.0 Å². The van der Waals surface area contributed by atoms with Crippen LogP contribution in [0.1, 0.15) is 34.6 Å². The maximum absolute atomic E-state index is 12.8. The summed E-state index contributed by atoms with van der Waals surface area (Å²) in [6.07, 6.45) is 1.58. The molecule has 0 saturated heterocycles. The van der Waals surface area contributed by atoms with Crippen LogP contribution in [0.25, 0.3) is 5.69 Å². The van der Waals surface area contributed by atoms with Crippen LogP contribution in [0, 0.1) is 6.92 Å².